The van der Waals surface area contributed by atoms with E-state index in [1.807, 2.05) is 6.07 Å². The van der Waals surface area contributed by atoms with Crippen molar-refractivity contribution in [2.75, 3.05) is 18.5 Å². The van der Waals surface area contributed by atoms with E-state index in [0.29, 0.717) is 12.4 Å². The summed E-state index contributed by atoms with van der Waals surface area (Å²) in [6.07, 6.45) is 3.57. The summed E-state index contributed by atoms with van der Waals surface area (Å²) >= 11 is 0. The molecule has 1 aliphatic heterocycles. The van der Waals surface area contributed by atoms with E-state index in [4.69, 9.17) is 9.84 Å². The Balaban J connectivity index is 1.95. The molecule has 1 saturated carbocycles. The summed E-state index contributed by atoms with van der Waals surface area (Å²) in [4.78, 5) is 11.1. The molecule has 0 amide bonds. The lowest BCUT2D eigenvalue weighted by atomic mass is 9.69. The van der Waals surface area contributed by atoms with Gasteiger partial charge < -0.3 is 15.2 Å². The molecule has 2 aliphatic rings. The summed E-state index contributed by atoms with van der Waals surface area (Å²) in [5, 5.41) is 12.5. The number of nitrogens with one attached hydrogen (secondary N) is 1. The Hall–Kier alpha value is -1.71. The molecule has 1 fully saturated rings. The Bertz CT molecular complexity index is 466. The van der Waals surface area contributed by atoms with Crippen LogP contribution >= 0.6 is 0 Å². The highest BCUT2D eigenvalue weighted by Crippen LogP contribution is 2.44. The normalized spacial score (nSPS) is 20.5. The van der Waals surface area contributed by atoms with Gasteiger partial charge in [-0.3, -0.25) is 0 Å². The first kappa shape index (κ1) is 10.4. The third-order valence-electron chi connectivity index (χ3n) is 3.84. The highest BCUT2D eigenvalue weighted by molar-refractivity contribution is 5.93. The number of rotatable bonds is 1. The molecule has 4 nitrogen and oxygen atoms in total. The maximum Gasteiger partial charge on any atom is 0.339 e. The van der Waals surface area contributed by atoms with Crippen LogP contribution in [0.3, 0.4) is 0 Å². The Kier molecular flexibility index (Phi) is 2.24. The van der Waals surface area contributed by atoms with Gasteiger partial charge >= 0.3 is 5.97 Å². The molecule has 17 heavy (non-hydrogen) atoms. The van der Waals surface area contributed by atoms with Gasteiger partial charge in [-0.05, 0) is 25.0 Å². The molecule has 0 aromatic heterocycles. The Morgan fingerprint density at radius 3 is 2.88 bits per heavy atom. The SMILES string of the molecule is O=C(O)c1cccc2c1OCC1(CCC1)CN2. The van der Waals surface area contributed by atoms with Gasteiger partial charge in [0.1, 0.15) is 5.56 Å². The van der Waals surface area contributed by atoms with Crippen molar-refractivity contribution in [3.05, 3.63) is 23.8 Å². The van der Waals surface area contributed by atoms with E-state index in [1.54, 1.807) is 12.1 Å². The van der Waals surface area contributed by atoms with Gasteiger partial charge in [0.15, 0.2) is 5.75 Å². The zero-order chi connectivity index (χ0) is 11.9. The number of benzene rings is 1. The second kappa shape index (κ2) is 3.65. The predicted octanol–water partition coefficient (Wildman–Crippen LogP) is 2.36. The van der Waals surface area contributed by atoms with Crippen molar-refractivity contribution in [3.63, 3.8) is 0 Å². The molecule has 1 spiro atoms. The van der Waals surface area contributed by atoms with Gasteiger partial charge in [-0.1, -0.05) is 12.5 Å². The first-order valence-electron chi connectivity index (χ1n) is 5.93. The maximum atomic E-state index is 11.1. The van der Waals surface area contributed by atoms with Gasteiger partial charge in [0.2, 0.25) is 0 Å². The number of ether oxygens (including phenoxy) is 1. The Morgan fingerprint density at radius 1 is 1.41 bits per heavy atom. The zero-order valence-electron chi connectivity index (χ0n) is 9.53. The van der Waals surface area contributed by atoms with Crippen molar-refractivity contribution in [1.29, 1.82) is 0 Å². The summed E-state index contributed by atoms with van der Waals surface area (Å²) in [5.74, 6) is -0.447. The summed E-state index contributed by atoms with van der Waals surface area (Å²) in [6.45, 7) is 1.50. The summed E-state index contributed by atoms with van der Waals surface area (Å²) in [7, 11) is 0. The molecule has 0 unspecified atom stereocenters. The third kappa shape index (κ3) is 1.64. The highest BCUT2D eigenvalue weighted by atomic mass is 16.5. The van der Waals surface area contributed by atoms with Crippen molar-refractivity contribution in [2.45, 2.75) is 19.3 Å². The number of carboxylic acids is 1. The average Bonchev–Trinajstić information content (AvgIpc) is 2.47. The van der Waals surface area contributed by atoms with E-state index in [0.717, 1.165) is 25.1 Å². The number of hydrogen-bond donors (Lipinski definition) is 2. The number of hydrogen-bond acceptors (Lipinski definition) is 3. The predicted molar refractivity (Wildman–Crippen MR) is 63.7 cm³/mol. The quantitative estimate of drug-likeness (QED) is 0.781. The van der Waals surface area contributed by atoms with Crippen molar-refractivity contribution in [2.24, 2.45) is 5.41 Å². The van der Waals surface area contributed by atoms with Crippen LogP contribution in [0.4, 0.5) is 5.69 Å². The number of anilines is 1. The van der Waals surface area contributed by atoms with Gasteiger partial charge in [-0.15, -0.1) is 0 Å². The molecule has 0 radical (unpaired) electrons. The van der Waals surface area contributed by atoms with Crippen LogP contribution in [0, 0.1) is 5.41 Å². The van der Waals surface area contributed by atoms with Crippen LogP contribution in [0.25, 0.3) is 0 Å². The van der Waals surface area contributed by atoms with Gasteiger partial charge in [0.25, 0.3) is 0 Å². The lowest BCUT2D eigenvalue weighted by molar-refractivity contribution is 0.0656. The fourth-order valence-corrected chi connectivity index (χ4v) is 2.56. The van der Waals surface area contributed by atoms with Crippen LogP contribution < -0.4 is 10.1 Å². The molecule has 0 bridgehead atoms. The summed E-state index contributed by atoms with van der Waals surface area (Å²) in [6, 6.07) is 5.21. The van der Waals surface area contributed by atoms with Crippen molar-refractivity contribution in [3.8, 4) is 5.75 Å². The third-order valence-corrected chi connectivity index (χ3v) is 3.84. The number of para-hydroxylation sites is 1. The maximum absolute atomic E-state index is 11.1. The first-order chi connectivity index (χ1) is 8.20. The topological polar surface area (TPSA) is 58.6 Å². The molecule has 1 aromatic carbocycles. The van der Waals surface area contributed by atoms with E-state index in [1.165, 1.54) is 6.42 Å². The van der Waals surface area contributed by atoms with E-state index >= 15 is 0 Å². The molecule has 2 N–H and O–H groups in total. The Labute approximate surface area is 99.6 Å². The molecular weight excluding hydrogens is 218 g/mol. The van der Waals surface area contributed by atoms with Crippen molar-refractivity contribution in [1.82, 2.24) is 0 Å². The molecule has 0 saturated heterocycles. The Morgan fingerprint density at radius 2 is 2.24 bits per heavy atom. The second-order valence-corrected chi connectivity index (χ2v) is 4.98. The van der Waals surface area contributed by atoms with Gasteiger partial charge in [-0.25, -0.2) is 4.79 Å². The fraction of sp³-hybridized carbons (Fsp3) is 0.462. The van der Waals surface area contributed by atoms with Crippen LogP contribution in [0.15, 0.2) is 18.2 Å². The molecule has 1 aliphatic carbocycles. The van der Waals surface area contributed by atoms with Crippen molar-refractivity contribution >= 4 is 11.7 Å². The number of aromatic carboxylic acids is 1. The van der Waals surface area contributed by atoms with Crippen LogP contribution in [0.2, 0.25) is 0 Å². The van der Waals surface area contributed by atoms with E-state index in [-0.39, 0.29) is 11.0 Å². The van der Waals surface area contributed by atoms with Crippen molar-refractivity contribution < 1.29 is 14.6 Å². The average molecular weight is 233 g/mol. The fourth-order valence-electron chi connectivity index (χ4n) is 2.56. The van der Waals surface area contributed by atoms with E-state index < -0.39 is 5.97 Å². The van der Waals surface area contributed by atoms with Crippen LogP contribution in [-0.4, -0.2) is 24.2 Å². The molecule has 90 valence electrons. The minimum absolute atomic E-state index is 0.217. The summed E-state index contributed by atoms with van der Waals surface area (Å²) in [5.41, 5.74) is 1.26. The van der Waals surface area contributed by atoms with Gasteiger partial charge in [0, 0.05) is 12.0 Å². The molecule has 1 aromatic rings. The van der Waals surface area contributed by atoms with Crippen LogP contribution in [-0.2, 0) is 0 Å². The summed E-state index contributed by atoms with van der Waals surface area (Å²) < 4.78 is 5.76. The number of fused-ring (bicyclic) bond motifs is 1. The minimum atomic E-state index is -0.937. The smallest absolute Gasteiger partial charge is 0.339 e. The number of carbonyl (C=O) groups is 1. The largest absolute Gasteiger partial charge is 0.490 e. The zero-order valence-corrected chi connectivity index (χ0v) is 9.53. The molecule has 0 atom stereocenters. The lowest BCUT2D eigenvalue weighted by Crippen LogP contribution is -2.40. The molecule has 4 heteroatoms. The first-order valence-corrected chi connectivity index (χ1v) is 5.93. The highest BCUT2D eigenvalue weighted by Gasteiger charge is 2.39. The van der Waals surface area contributed by atoms with Crippen LogP contribution in [0.1, 0.15) is 29.6 Å². The van der Waals surface area contributed by atoms with Crippen LogP contribution in [0.5, 0.6) is 5.75 Å². The molecule has 3 rings (SSSR count). The van der Waals surface area contributed by atoms with Gasteiger partial charge in [0.05, 0.1) is 12.3 Å². The lowest BCUT2D eigenvalue weighted by Gasteiger charge is -2.40. The van der Waals surface area contributed by atoms with E-state index in [9.17, 15) is 4.79 Å². The monoisotopic (exact) mass is 233 g/mol. The second-order valence-electron chi connectivity index (χ2n) is 4.98. The minimum Gasteiger partial charge on any atom is -0.490 e. The van der Waals surface area contributed by atoms with E-state index in [2.05, 4.69) is 5.32 Å². The van der Waals surface area contributed by atoms with Gasteiger partial charge in [-0.2, -0.15) is 0 Å². The standard InChI is InChI=1S/C13H15NO3/c15-12(16)9-3-1-4-10-11(9)17-8-13(7-14-10)5-2-6-13/h1,3-4,14H,2,5-8H2,(H,15,16). The molecular formula is C13H15NO3. The number of carboxylic acid groups (broad SMARTS) is 1. The molecule has 1 heterocycles.